The SMILES string of the molecule is O[C@@]1(COc2ccc(F)cc2)CCN(Cc2ccc(Cl)cn2)C1. The largest absolute Gasteiger partial charge is 0.491 e. The smallest absolute Gasteiger partial charge is 0.123 e. The van der Waals surface area contributed by atoms with Crippen molar-refractivity contribution in [2.75, 3.05) is 19.7 Å². The molecule has 1 saturated heterocycles. The van der Waals surface area contributed by atoms with Crippen molar-refractivity contribution >= 4 is 11.6 Å². The van der Waals surface area contributed by atoms with Gasteiger partial charge in [0.25, 0.3) is 0 Å². The number of nitrogens with zero attached hydrogens (tertiary/aromatic N) is 2. The Kier molecular flexibility index (Phi) is 4.80. The van der Waals surface area contributed by atoms with E-state index in [9.17, 15) is 9.50 Å². The maximum absolute atomic E-state index is 12.9. The Hall–Kier alpha value is -1.69. The summed E-state index contributed by atoms with van der Waals surface area (Å²) < 4.78 is 18.4. The number of ether oxygens (including phenoxy) is 1. The number of pyridine rings is 1. The number of rotatable bonds is 5. The van der Waals surface area contributed by atoms with E-state index in [0.29, 0.717) is 30.3 Å². The second-order valence-corrected chi connectivity index (χ2v) is 6.33. The van der Waals surface area contributed by atoms with Crippen molar-refractivity contribution in [3.05, 3.63) is 59.1 Å². The van der Waals surface area contributed by atoms with E-state index in [1.165, 1.54) is 12.1 Å². The highest BCUT2D eigenvalue weighted by atomic mass is 35.5. The minimum absolute atomic E-state index is 0.184. The summed E-state index contributed by atoms with van der Waals surface area (Å²) in [6.07, 6.45) is 2.25. The molecule has 0 aliphatic carbocycles. The van der Waals surface area contributed by atoms with E-state index in [1.807, 2.05) is 12.1 Å². The van der Waals surface area contributed by atoms with E-state index in [-0.39, 0.29) is 12.4 Å². The molecular weight excluding hydrogens is 319 g/mol. The highest BCUT2D eigenvalue weighted by Crippen LogP contribution is 2.24. The summed E-state index contributed by atoms with van der Waals surface area (Å²) in [5.74, 6) is 0.246. The predicted molar refractivity (Wildman–Crippen MR) is 86.0 cm³/mol. The minimum Gasteiger partial charge on any atom is -0.491 e. The molecule has 0 unspecified atom stereocenters. The average molecular weight is 337 g/mol. The van der Waals surface area contributed by atoms with Crippen LogP contribution in [-0.2, 0) is 6.54 Å². The highest BCUT2D eigenvalue weighted by Gasteiger charge is 2.36. The van der Waals surface area contributed by atoms with Crippen LogP contribution in [0.2, 0.25) is 5.02 Å². The molecule has 3 rings (SSSR count). The molecule has 1 fully saturated rings. The molecule has 1 N–H and O–H groups in total. The van der Waals surface area contributed by atoms with Crippen molar-refractivity contribution in [2.45, 2.75) is 18.6 Å². The molecule has 0 saturated carbocycles. The number of aliphatic hydroxyl groups is 1. The number of halogens is 2. The van der Waals surface area contributed by atoms with Crippen LogP contribution in [-0.4, -0.2) is 40.3 Å². The Morgan fingerprint density at radius 2 is 2.04 bits per heavy atom. The van der Waals surface area contributed by atoms with E-state index in [1.54, 1.807) is 18.3 Å². The average Bonchev–Trinajstić information content (AvgIpc) is 2.91. The van der Waals surface area contributed by atoms with E-state index < -0.39 is 5.60 Å². The summed E-state index contributed by atoms with van der Waals surface area (Å²) in [5.41, 5.74) is 0.0129. The maximum Gasteiger partial charge on any atom is 0.123 e. The lowest BCUT2D eigenvalue weighted by Crippen LogP contribution is -2.39. The van der Waals surface area contributed by atoms with Crippen molar-refractivity contribution in [2.24, 2.45) is 0 Å². The number of hydrogen-bond acceptors (Lipinski definition) is 4. The third-order valence-electron chi connectivity index (χ3n) is 3.91. The summed E-state index contributed by atoms with van der Waals surface area (Å²) >= 11 is 5.83. The molecule has 0 radical (unpaired) electrons. The van der Waals surface area contributed by atoms with Crippen molar-refractivity contribution in [3.63, 3.8) is 0 Å². The third kappa shape index (κ3) is 4.41. The Labute approximate surface area is 139 Å². The second-order valence-electron chi connectivity index (χ2n) is 5.90. The van der Waals surface area contributed by atoms with Gasteiger partial charge in [-0.3, -0.25) is 9.88 Å². The zero-order valence-corrected chi connectivity index (χ0v) is 13.3. The van der Waals surface area contributed by atoms with Crippen LogP contribution in [0.4, 0.5) is 4.39 Å². The Balaban J connectivity index is 1.53. The fourth-order valence-electron chi connectivity index (χ4n) is 2.67. The van der Waals surface area contributed by atoms with Crippen molar-refractivity contribution in [1.82, 2.24) is 9.88 Å². The standard InChI is InChI=1S/C17H18ClFN2O2/c18-13-1-4-15(20-9-13)10-21-8-7-17(22,11-21)12-23-16-5-2-14(19)3-6-16/h1-6,9,22H,7-8,10-12H2/t17-/m0/s1. The molecule has 2 heterocycles. The van der Waals surface area contributed by atoms with Crippen molar-refractivity contribution in [3.8, 4) is 5.75 Å². The number of aromatic nitrogens is 1. The summed E-state index contributed by atoms with van der Waals surface area (Å²) in [6.45, 7) is 2.13. The molecule has 6 heteroatoms. The van der Waals surface area contributed by atoms with Crippen LogP contribution < -0.4 is 4.74 Å². The highest BCUT2D eigenvalue weighted by molar-refractivity contribution is 6.30. The monoisotopic (exact) mass is 336 g/mol. The maximum atomic E-state index is 12.9. The first-order chi connectivity index (χ1) is 11.0. The lowest BCUT2D eigenvalue weighted by Gasteiger charge is -2.23. The molecule has 0 spiro atoms. The van der Waals surface area contributed by atoms with Crippen LogP contribution in [0, 0.1) is 5.82 Å². The quantitative estimate of drug-likeness (QED) is 0.912. The molecule has 1 aliphatic heterocycles. The molecule has 4 nitrogen and oxygen atoms in total. The van der Waals surface area contributed by atoms with Gasteiger partial charge in [-0.2, -0.15) is 0 Å². The van der Waals surface area contributed by atoms with Crippen LogP contribution in [0.3, 0.4) is 0 Å². The van der Waals surface area contributed by atoms with Crippen molar-refractivity contribution in [1.29, 1.82) is 0 Å². The van der Waals surface area contributed by atoms with Gasteiger partial charge in [-0.1, -0.05) is 11.6 Å². The molecule has 1 atom stereocenters. The van der Waals surface area contributed by atoms with E-state index in [4.69, 9.17) is 16.3 Å². The molecule has 0 amide bonds. The molecule has 0 bridgehead atoms. The third-order valence-corrected chi connectivity index (χ3v) is 4.13. The number of hydrogen-bond donors (Lipinski definition) is 1. The minimum atomic E-state index is -0.902. The fourth-order valence-corrected chi connectivity index (χ4v) is 2.78. The van der Waals surface area contributed by atoms with Gasteiger partial charge in [-0.25, -0.2) is 4.39 Å². The summed E-state index contributed by atoms with van der Waals surface area (Å²) in [4.78, 5) is 6.40. The fraction of sp³-hybridized carbons (Fsp3) is 0.353. The number of likely N-dealkylation sites (tertiary alicyclic amines) is 1. The van der Waals surface area contributed by atoms with E-state index in [0.717, 1.165) is 12.2 Å². The second kappa shape index (κ2) is 6.83. The van der Waals surface area contributed by atoms with Gasteiger partial charge in [0.15, 0.2) is 0 Å². The normalized spacial score (nSPS) is 21.5. The Morgan fingerprint density at radius 3 is 2.74 bits per heavy atom. The van der Waals surface area contributed by atoms with Crippen LogP contribution in [0.1, 0.15) is 12.1 Å². The molecule has 122 valence electrons. The summed E-state index contributed by atoms with van der Waals surface area (Å²) in [7, 11) is 0. The van der Waals surface area contributed by atoms with E-state index >= 15 is 0 Å². The lowest BCUT2D eigenvalue weighted by molar-refractivity contribution is 0.00329. The van der Waals surface area contributed by atoms with Crippen molar-refractivity contribution < 1.29 is 14.2 Å². The van der Waals surface area contributed by atoms with Gasteiger partial charge < -0.3 is 9.84 Å². The van der Waals surface area contributed by atoms with Gasteiger partial charge >= 0.3 is 0 Å². The van der Waals surface area contributed by atoms with Gasteiger partial charge in [0.05, 0.1) is 10.7 Å². The number of benzene rings is 1. The summed E-state index contributed by atoms with van der Waals surface area (Å²) in [5, 5.41) is 11.2. The molecular formula is C17H18ClFN2O2. The molecule has 1 aromatic carbocycles. The van der Waals surface area contributed by atoms with Gasteiger partial charge in [0.1, 0.15) is 23.8 Å². The Bertz CT molecular complexity index is 651. The first-order valence-corrected chi connectivity index (χ1v) is 7.84. The molecule has 1 aromatic heterocycles. The van der Waals surface area contributed by atoms with Gasteiger partial charge in [0, 0.05) is 25.8 Å². The summed E-state index contributed by atoms with van der Waals surface area (Å²) in [6, 6.07) is 9.49. The first kappa shape index (κ1) is 16.2. The van der Waals surface area contributed by atoms with Crippen LogP contribution in [0.5, 0.6) is 5.75 Å². The molecule has 2 aromatic rings. The molecule has 1 aliphatic rings. The zero-order valence-electron chi connectivity index (χ0n) is 12.6. The van der Waals surface area contributed by atoms with Gasteiger partial charge in [-0.05, 0) is 42.8 Å². The lowest BCUT2D eigenvalue weighted by atomic mass is 10.1. The first-order valence-electron chi connectivity index (χ1n) is 7.46. The van der Waals surface area contributed by atoms with Crippen LogP contribution in [0.15, 0.2) is 42.6 Å². The number of β-amino-alcohol motifs (C(OH)–C–C–N with tert-alkyl or cyclic N) is 1. The zero-order chi connectivity index (χ0) is 16.3. The Morgan fingerprint density at radius 1 is 1.26 bits per heavy atom. The van der Waals surface area contributed by atoms with Gasteiger partial charge in [0.2, 0.25) is 0 Å². The van der Waals surface area contributed by atoms with Crippen LogP contribution >= 0.6 is 11.6 Å². The van der Waals surface area contributed by atoms with Crippen LogP contribution in [0.25, 0.3) is 0 Å². The van der Waals surface area contributed by atoms with Gasteiger partial charge in [-0.15, -0.1) is 0 Å². The molecule has 23 heavy (non-hydrogen) atoms. The topological polar surface area (TPSA) is 45.6 Å². The van der Waals surface area contributed by atoms with E-state index in [2.05, 4.69) is 9.88 Å². The predicted octanol–water partition coefficient (Wildman–Crippen LogP) is 2.89.